The second kappa shape index (κ2) is 15.3. The highest BCUT2D eigenvalue weighted by Crippen LogP contribution is 2.47. The van der Waals surface area contributed by atoms with Gasteiger partial charge < -0.3 is 0 Å². The zero-order valence-electron chi connectivity index (χ0n) is 39.8. The molecule has 72 heavy (non-hydrogen) atoms. The van der Waals surface area contributed by atoms with Crippen LogP contribution >= 0.6 is 0 Å². The molecule has 0 unspecified atom stereocenters. The smallest absolute Gasteiger partial charge is 0.00206 e. The molecule has 0 aliphatic heterocycles. The summed E-state index contributed by atoms with van der Waals surface area (Å²) in [5, 5.41) is 13.4. The van der Waals surface area contributed by atoms with E-state index in [4.69, 9.17) is 0 Å². The maximum absolute atomic E-state index is 2.47. The van der Waals surface area contributed by atoms with Gasteiger partial charge >= 0.3 is 0 Å². The quantitative estimate of drug-likeness (QED) is 0.146. The van der Waals surface area contributed by atoms with Gasteiger partial charge in [-0.05, 0) is 209 Å². The summed E-state index contributed by atoms with van der Waals surface area (Å²) in [5.41, 5.74) is 26.4. The molecule has 4 aliphatic rings. The van der Waals surface area contributed by atoms with Crippen molar-refractivity contribution >= 4 is 77.2 Å². The third-order valence-corrected chi connectivity index (χ3v) is 16.7. The fourth-order valence-corrected chi connectivity index (χ4v) is 13.2. The van der Waals surface area contributed by atoms with Crippen molar-refractivity contribution in [3.63, 3.8) is 0 Å². The monoisotopic (exact) mass is 910 g/mol. The van der Waals surface area contributed by atoms with Crippen molar-refractivity contribution < 1.29 is 0 Å². The van der Waals surface area contributed by atoms with Crippen LogP contribution in [-0.4, -0.2) is 0 Å². The lowest BCUT2D eigenvalue weighted by Crippen LogP contribution is -2.04. The largest absolute Gasteiger partial charge is 0.0795 e. The van der Waals surface area contributed by atoms with Gasteiger partial charge in [-0.1, -0.05) is 212 Å². The van der Waals surface area contributed by atoms with Crippen molar-refractivity contribution in [2.45, 2.75) is 25.7 Å². The van der Waals surface area contributed by atoms with E-state index in [1.54, 1.807) is 0 Å². The van der Waals surface area contributed by atoms with Crippen LogP contribution in [0.3, 0.4) is 0 Å². The van der Waals surface area contributed by atoms with Crippen molar-refractivity contribution in [3.8, 4) is 66.8 Å². The predicted molar refractivity (Wildman–Crippen MR) is 308 cm³/mol. The third-order valence-electron chi connectivity index (χ3n) is 16.7. The number of rotatable bonds is 6. The summed E-state index contributed by atoms with van der Waals surface area (Å²) in [6.07, 6.45) is 18.1. The SMILES string of the molecule is C1=Cc2ccc3ccc(-c4ccc(-c5cc(-c6ccc(-c7ccc8ccc9c%10c8c7CC=C%10CC=C9)cc6)cc(-c6ccc(-c7ccc8ccc9cccc%10ccc7c8c9%10)cc6)c5)cc4)c4c3c2C(=CC4)C1. The van der Waals surface area contributed by atoms with Crippen LogP contribution in [0.4, 0.5) is 0 Å². The Kier molecular flexibility index (Phi) is 8.50. The first-order valence-corrected chi connectivity index (χ1v) is 25.7. The Bertz CT molecular complexity index is 4230. The van der Waals surface area contributed by atoms with Gasteiger partial charge in [-0.15, -0.1) is 0 Å². The zero-order chi connectivity index (χ0) is 47.0. The maximum Gasteiger partial charge on any atom is -0.00206 e. The first-order valence-electron chi connectivity index (χ1n) is 25.7. The lowest BCUT2D eigenvalue weighted by atomic mass is 9.79. The highest BCUT2D eigenvalue weighted by Gasteiger charge is 2.24. The molecule has 0 aromatic heterocycles. The average Bonchev–Trinajstić information content (AvgIpc) is 3.45. The first kappa shape index (κ1) is 39.9. The maximum atomic E-state index is 2.47. The molecule has 0 saturated carbocycles. The van der Waals surface area contributed by atoms with Crippen molar-refractivity contribution in [2.24, 2.45) is 0 Å². The summed E-state index contributed by atoms with van der Waals surface area (Å²) in [5.74, 6) is 0. The minimum atomic E-state index is 0.966. The fourth-order valence-electron chi connectivity index (χ4n) is 13.2. The van der Waals surface area contributed by atoms with Crippen LogP contribution in [0.5, 0.6) is 0 Å². The van der Waals surface area contributed by atoms with Gasteiger partial charge in [-0.2, -0.15) is 0 Å². The van der Waals surface area contributed by atoms with Crippen LogP contribution < -0.4 is 0 Å². The lowest BCUT2D eigenvalue weighted by Gasteiger charge is -2.25. The molecule has 12 aromatic carbocycles. The number of allylic oxidation sites excluding steroid dienone is 6. The highest BCUT2D eigenvalue weighted by atomic mass is 14.3. The van der Waals surface area contributed by atoms with Gasteiger partial charge in [0.15, 0.2) is 0 Å². The zero-order valence-corrected chi connectivity index (χ0v) is 39.8. The van der Waals surface area contributed by atoms with E-state index in [9.17, 15) is 0 Å². The molecule has 12 aromatic rings. The Morgan fingerprint density at radius 2 is 0.639 bits per heavy atom. The minimum Gasteiger partial charge on any atom is -0.0795 e. The van der Waals surface area contributed by atoms with E-state index in [-0.39, 0.29) is 0 Å². The Morgan fingerprint density at radius 3 is 1.12 bits per heavy atom. The Morgan fingerprint density at radius 1 is 0.264 bits per heavy atom. The van der Waals surface area contributed by atoms with Crippen molar-refractivity contribution in [1.82, 2.24) is 0 Å². The summed E-state index contributed by atoms with van der Waals surface area (Å²) < 4.78 is 0. The molecule has 0 amide bonds. The molecule has 334 valence electrons. The number of benzene rings is 12. The molecule has 0 bridgehead atoms. The van der Waals surface area contributed by atoms with Crippen LogP contribution in [0.15, 0.2) is 218 Å². The minimum absolute atomic E-state index is 0.966. The molecule has 16 rings (SSSR count). The topological polar surface area (TPSA) is 0 Å². The van der Waals surface area contributed by atoms with E-state index in [0.717, 1.165) is 25.7 Å². The van der Waals surface area contributed by atoms with Gasteiger partial charge in [0.25, 0.3) is 0 Å². The van der Waals surface area contributed by atoms with Gasteiger partial charge in [-0.3, -0.25) is 0 Å². The molecular weight excluding hydrogens is 865 g/mol. The summed E-state index contributed by atoms with van der Waals surface area (Å²) in [6, 6.07) is 74.1. The molecule has 0 heteroatoms. The van der Waals surface area contributed by atoms with Crippen LogP contribution in [0.25, 0.3) is 144 Å². The standard InChI is InChI=1S/C72H46/c1-4-49-22-25-55-28-34-61(64-37-31-52(7-1)67(49)70(55)64)46-16-10-43(11-17-46)58-40-59(44-12-18-47(19-13-44)62-35-29-56-26-23-50-5-2-8-53-32-38-65(62)71(56)68(50)53)42-60(41-58)45-14-20-48(21-15-45)63-36-30-57-27-24-51-6-3-9-54-33-39-66(63)72(57)69(51)54/h1-7,10-37,40-42H,8-9,38-39H2. The van der Waals surface area contributed by atoms with Crippen molar-refractivity contribution in [1.29, 1.82) is 0 Å². The predicted octanol–water partition coefficient (Wildman–Crippen LogP) is 19.6. The van der Waals surface area contributed by atoms with Crippen molar-refractivity contribution in [3.05, 3.63) is 252 Å². The summed E-state index contributed by atoms with van der Waals surface area (Å²) in [6.45, 7) is 0. The molecule has 0 radical (unpaired) electrons. The molecule has 0 saturated heterocycles. The normalized spacial score (nSPS) is 14.2. The molecule has 0 nitrogen and oxygen atoms in total. The van der Waals surface area contributed by atoms with Crippen LogP contribution in [-0.2, 0) is 12.8 Å². The number of hydrogen-bond acceptors (Lipinski definition) is 0. The average molecular weight is 911 g/mol. The van der Waals surface area contributed by atoms with E-state index in [1.165, 1.54) is 165 Å². The first-order chi connectivity index (χ1) is 35.6. The molecule has 0 fully saturated rings. The van der Waals surface area contributed by atoms with Crippen molar-refractivity contribution in [2.75, 3.05) is 0 Å². The van der Waals surface area contributed by atoms with E-state index < -0.39 is 0 Å². The van der Waals surface area contributed by atoms with Gasteiger partial charge in [0, 0.05) is 0 Å². The van der Waals surface area contributed by atoms with E-state index in [0.29, 0.717) is 0 Å². The molecule has 0 N–H and O–H groups in total. The molecule has 0 heterocycles. The third kappa shape index (κ3) is 5.99. The number of hydrogen-bond donors (Lipinski definition) is 0. The summed E-state index contributed by atoms with van der Waals surface area (Å²) in [7, 11) is 0. The molecule has 0 atom stereocenters. The van der Waals surface area contributed by atoms with Crippen LogP contribution in [0.2, 0.25) is 0 Å². The van der Waals surface area contributed by atoms with Crippen LogP contribution in [0.1, 0.15) is 46.2 Å². The molecule has 4 aliphatic carbocycles. The van der Waals surface area contributed by atoms with Crippen LogP contribution in [0, 0.1) is 0 Å². The summed E-state index contributed by atoms with van der Waals surface area (Å²) in [4.78, 5) is 0. The Balaban J connectivity index is 0.797. The highest BCUT2D eigenvalue weighted by molar-refractivity contribution is 6.25. The Hall–Kier alpha value is -8.84. The van der Waals surface area contributed by atoms with E-state index >= 15 is 0 Å². The van der Waals surface area contributed by atoms with Gasteiger partial charge in [0.2, 0.25) is 0 Å². The summed E-state index contributed by atoms with van der Waals surface area (Å²) >= 11 is 0. The Labute approximate surface area is 419 Å². The lowest BCUT2D eigenvalue weighted by molar-refractivity contribution is 1.23. The van der Waals surface area contributed by atoms with Gasteiger partial charge in [0.1, 0.15) is 0 Å². The second-order valence-corrected chi connectivity index (χ2v) is 20.5. The van der Waals surface area contributed by atoms with E-state index in [2.05, 4.69) is 231 Å². The van der Waals surface area contributed by atoms with Gasteiger partial charge in [0.05, 0.1) is 0 Å². The fraction of sp³-hybridized carbons (Fsp3) is 0.0556. The second-order valence-electron chi connectivity index (χ2n) is 20.5. The molecular formula is C72H46. The van der Waals surface area contributed by atoms with E-state index in [1.807, 2.05) is 0 Å². The van der Waals surface area contributed by atoms with Gasteiger partial charge in [-0.25, -0.2) is 0 Å². The molecule has 0 spiro atoms.